The third kappa shape index (κ3) is 2.25. The number of nitrogens with zero attached hydrogens (tertiary/aromatic N) is 4. The van der Waals surface area contributed by atoms with Crippen LogP contribution in [0.2, 0.25) is 0 Å². The van der Waals surface area contributed by atoms with Crippen molar-refractivity contribution in [2.24, 2.45) is 0 Å². The van der Waals surface area contributed by atoms with Gasteiger partial charge < -0.3 is 5.73 Å². The Balaban J connectivity index is 2.24. The zero-order chi connectivity index (χ0) is 11.5. The smallest absolute Gasteiger partial charge is 0.311 e. The van der Waals surface area contributed by atoms with Crippen molar-refractivity contribution in [1.29, 1.82) is 0 Å². The third-order valence-corrected chi connectivity index (χ3v) is 3.32. The summed E-state index contributed by atoms with van der Waals surface area (Å²) in [5.41, 5.74) is 6.85. The molecule has 0 atom stereocenters. The molecule has 0 aliphatic heterocycles. The zero-order valence-corrected chi connectivity index (χ0v) is 9.36. The van der Waals surface area contributed by atoms with Crippen molar-refractivity contribution in [3.63, 3.8) is 0 Å². The molecule has 0 radical (unpaired) electrons. The van der Waals surface area contributed by atoms with E-state index in [9.17, 15) is 10.1 Å². The highest BCUT2D eigenvalue weighted by atomic mass is 32.2. The lowest BCUT2D eigenvalue weighted by molar-refractivity contribution is -0.384. The molecule has 0 spiro atoms. The number of rotatable bonds is 3. The first-order chi connectivity index (χ1) is 7.66. The minimum atomic E-state index is -0.568. The number of nitrogens with two attached hydrogens (primary N) is 1. The average molecular weight is 255 g/mol. The molecule has 2 aromatic heterocycles. The maximum Gasteiger partial charge on any atom is 0.311 e. The van der Waals surface area contributed by atoms with E-state index >= 15 is 0 Å². The van der Waals surface area contributed by atoms with Gasteiger partial charge in [0.05, 0.1) is 4.92 Å². The SMILES string of the molecule is Nc1nc(Sc2nncs2)ccc1[N+](=O)[O-]. The standard InChI is InChI=1S/C7H5N5O2S2/c8-6-4(12(13)14)1-2-5(10-6)16-7-11-9-3-15-7/h1-3H,(H2,8,10). The molecule has 0 aliphatic carbocycles. The molecule has 2 heterocycles. The summed E-state index contributed by atoms with van der Waals surface area (Å²) >= 11 is 2.62. The number of nitro groups is 1. The predicted octanol–water partition coefficient (Wildman–Crippen LogP) is 1.57. The third-order valence-electron chi connectivity index (χ3n) is 1.61. The van der Waals surface area contributed by atoms with Gasteiger partial charge in [-0.2, -0.15) is 0 Å². The van der Waals surface area contributed by atoms with Crippen LogP contribution in [-0.4, -0.2) is 20.1 Å². The van der Waals surface area contributed by atoms with E-state index in [1.54, 1.807) is 5.51 Å². The van der Waals surface area contributed by atoms with Gasteiger partial charge in [-0.15, -0.1) is 10.2 Å². The topological polar surface area (TPSA) is 108 Å². The minimum absolute atomic E-state index is 0.0977. The predicted molar refractivity (Wildman–Crippen MR) is 59.3 cm³/mol. The largest absolute Gasteiger partial charge is 0.378 e. The van der Waals surface area contributed by atoms with Crippen molar-refractivity contribution < 1.29 is 4.92 Å². The van der Waals surface area contributed by atoms with E-state index in [2.05, 4.69) is 15.2 Å². The molecule has 0 saturated heterocycles. The van der Waals surface area contributed by atoms with Crippen LogP contribution >= 0.6 is 23.1 Å². The fourth-order valence-electron chi connectivity index (χ4n) is 0.957. The van der Waals surface area contributed by atoms with Crippen LogP contribution in [0.5, 0.6) is 0 Å². The summed E-state index contributed by atoms with van der Waals surface area (Å²) in [6.45, 7) is 0. The Morgan fingerprint density at radius 3 is 2.88 bits per heavy atom. The molecule has 0 bridgehead atoms. The molecule has 7 nitrogen and oxygen atoms in total. The van der Waals surface area contributed by atoms with Gasteiger partial charge in [0.2, 0.25) is 5.82 Å². The van der Waals surface area contributed by atoms with Crippen LogP contribution in [0.4, 0.5) is 11.5 Å². The normalized spacial score (nSPS) is 10.2. The van der Waals surface area contributed by atoms with Crippen LogP contribution in [0.25, 0.3) is 0 Å². The fourth-order valence-corrected chi connectivity index (χ4v) is 2.36. The van der Waals surface area contributed by atoms with Gasteiger partial charge in [-0.3, -0.25) is 10.1 Å². The molecule has 2 N–H and O–H groups in total. The summed E-state index contributed by atoms with van der Waals surface area (Å²) in [5.74, 6) is -0.0977. The van der Waals surface area contributed by atoms with Gasteiger partial charge in [-0.05, 0) is 17.8 Å². The highest BCUT2D eigenvalue weighted by Gasteiger charge is 2.13. The summed E-state index contributed by atoms with van der Waals surface area (Å²) in [4.78, 5) is 13.8. The summed E-state index contributed by atoms with van der Waals surface area (Å²) in [7, 11) is 0. The van der Waals surface area contributed by atoms with E-state index in [1.807, 2.05) is 0 Å². The number of hydrogen-bond donors (Lipinski definition) is 1. The van der Waals surface area contributed by atoms with Crippen LogP contribution in [0.1, 0.15) is 0 Å². The Bertz CT molecular complexity index is 516. The Labute approximate surface area is 97.9 Å². The highest BCUT2D eigenvalue weighted by molar-refractivity contribution is 8.00. The minimum Gasteiger partial charge on any atom is -0.378 e. The molecule has 0 amide bonds. The van der Waals surface area contributed by atoms with Gasteiger partial charge in [0.25, 0.3) is 0 Å². The van der Waals surface area contributed by atoms with Crippen LogP contribution in [0, 0.1) is 10.1 Å². The average Bonchev–Trinajstić information content (AvgIpc) is 2.70. The second-order valence-electron chi connectivity index (χ2n) is 2.62. The first-order valence-electron chi connectivity index (χ1n) is 4.02. The Hall–Kier alpha value is -1.74. The van der Waals surface area contributed by atoms with E-state index in [4.69, 9.17) is 5.73 Å². The molecule has 9 heteroatoms. The van der Waals surface area contributed by atoms with Crippen molar-refractivity contribution in [1.82, 2.24) is 15.2 Å². The van der Waals surface area contributed by atoms with Gasteiger partial charge in [-0.1, -0.05) is 11.3 Å². The summed E-state index contributed by atoms with van der Waals surface area (Å²) in [6, 6.07) is 2.85. The number of anilines is 1. The van der Waals surface area contributed by atoms with Gasteiger partial charge >= 0.3 is 5.69 Å². The summed E-state index contributed by atoms with van der Waals surface area (Å²) < 4.78 is 0.709. The number of pyridine rings is 1. The first kappa shape index (κ1) is 10.8. The number of hydrogen-bond acceptors (Lipinski definition) is 8. The molecule has 0 fully saturated rings. The first-order valence-corrected chi connectivity index (χ1v) is 5.71. The van der Waals surface area contributed by atoms with Gasteiger partial charge in [-0.25, -0.2) is 4.98 Å². The van der Waals surface area contributed by atoms with Crippen molar-refractivity contribution in [3.8, 4) is 0 Å². The van der Waals surface area contributed by atoms with E-state index in [-0.39, 0.29) is 11.5 Å². The second kappa shape index (κ2) is 4.41. The van der Waals surface area contributed by atoms with E-state index < -0.39 is 4.92 Å². The van der Waals surface area contributed by atoms with Crippen molar-refractivity contribution in [3.05, 3.63) is 27.8 Å². The van der Waals surface area contributed by atoms with Gasteiger partial charge in [0.15, 0.2) is 4.34 Å². The lowest BCUT2D eigenvalue weighted by Gasteiger charge is -1.99. The Morgan fingerprint density at radius 2 is 2.31 bits per heavy atom. The quantitative estimate of drug-likeness (QED) is 0.655. The lowest BCUT2D eigenvalue weighted by atomic mass is 10.4. The summed E-state index contributed by atoms with van der Waals surface area (Å²) in [6.07, 6.45) is 0. The highest BCUT2D eigenvalue weighted by Crippen LogP contribution is 2.29. The monoisotopic (exact) mass is 255 g/mol. The number of aromatic nitrogens is 3. The molecule has 0 unspecified atom stereocenters. The second-order valence-corrected chi connectivity index (χ2v) is 4.72. The van der Waals surface area contributed by atoms with Crippen LogP contribution in [-0.2, 0) is 0 Å². The molecule has 0 saturated carbocycles. The van der Waals surface area contributed by atoms with Crippen molar-refractivity contribution >= 4 is 34.6 Å². The Morgan fingerprint density at radius 1 is 1.50 bits per heavy atom. The van der Waals surface area contributed by atoms with Crippen molar-refractivity contribution in [2.75, 3.05) is 5.73 Å². The van der Waals surface area contributed by atoms with E-state index in [0.29, 0.717) is 9.37 Å². The fraction of sp³-hybridized carbons (Fsp3) is 0. The molecular weight excluding hydrogens is 250 g/mol. The van der Waals surface area contributed by atoms with Crippen LogP contribution < -0.4 is 5.73 Å². The molecule has 0 aromatic carbocycles. The molecular formula is C7H5N5O2S2. The molecule has 0 aliphatic rings. The lowest BCUT2D eigenvalue weighted by Crippen LogP contribution is -1.98. The van der Waals surface area contributed by atoms with Crippen LogP contribution in [0.15, 0.2) is 27.0 Å². The van der Waals surface area contributed by atoms with E-state index in [1.165, 1.54) is 35.2 Å². The zero-order valence-electron chi connectivity index (χ0n) is 7.73. The van der Waals surface area contributed by atoms with Gasteiger partial charge in [0, 0.05) is 6.07 Å². The Kier molecular flexibility index (Phi) is 2.97. The number of nitrogen functional groups attached to an aromatic ring is 1. The maximum atomic E-state index is 10.5. The van der Waals surface area contributed by atoms with Crippen LogP contribution in [0.3, 0.4) is 0 Å². The molecule has 2 aromatic rings. The molecule has 2 rings (SSSR count). The van der Waals surface area contributed by atoms with E-state index in [0.717, 1.165) is 0 Å². The molecule has 16 heavy (non-hydrogen) atoms. The van der Waals surface area contributed by atoms with Gasteiger partial charge in [0.1, 0.15) is 10.5 Å². The maximum absolute atomic E-state index is 10.5. The van der Waals surface area contributed by atoms with Crippen molar-refractivity contribution in [2.45, 2.75) is 9.37 Å². The summed E-state index contributed by atoms with van der Waals surface area (Å²) in [5, 5.41) is 18.5. The molecule has 82 valence electrons.